The van der Waals surface area contributed by atoms with Gasteiger partial charge in [-0.1, -0.05) is 36.4 Å². The second-order valence-electron chi connectivity index (χ2n) is 5.83. The maximum atomic E-state index is 12.4. The molecule has 0 radical (unpaired) electrons. The Balaban J connectivity index is 2.01. The van der Waals surface area contributed by atoms with Gasteiger partial charge in [-0.15, -0.1) is 0 Å². The average Bonchev–Trinajstić information content (AvgIpc) is 2.63. The highest BCUT2D eigenvalue weighted by molar-refractivity contribution is 5.97. The lowest BCUT2D eigenvalue weighted by Crippen LogP contribution is -2.30. The molecule has 0 saturated heterocycles. The number of amides is 2. The first-order chi connectivity index (χ1) is 12.0. The quantitative estimate of drug-likeness (QED) is 0.813. The molecule has 0 aliphatic carbocycles. The Bertz CT molecular complexity index is 712. The monoisotopic (exact) mass is 339 g/mol. The van der Waals surface area contributed by atoms with Crippen LogP contribution in [0.2, 0.25) is 0 Å². The normalized spacial score (nSPS) is 11.6. The van der Waals surface area contributed by atoms with Gasteiger partial charge < -0.3 is 16.0 Å². The summed E-state index contributed by atoms with van der Waals surface area (Å²) in [6.45, 7) is 5.19. The van der Waals surface area contributed by atoms with Crippen LogP contribution in [-0.4, -0.2) is 29.8 Å². The molecule has 5 heteroatoms. The minimum Gasteiger partial charge on any atom is -0.339 e. The number of hydrogen-bond donors (Lipinski definition) is 2. The minimum atomic E-state index is -0.360. The smallest absolute Gasteiger partial charge is 0.253 e. The van der Waals surface area contributed by atoms with Gasteiger partial charge in [0.1, 0.15) is 0 Å². The van der Waals surface area contributed by atoms with Gasteiger partial charge in [-0.25, -0.2) is 0 Å². The second kappa shape index (κ2) is 8.99. The Kier molecular flexibility index (Phi) is 6.71. The van der Waals surface area contributed by atoms with Crippen molar-refractivity contribution in [3.05, 3.63) is 65.7 Å². The first-order valence-electron chi connectivity index (χ1n) is 8.54. The number of carbonyl (C=O) groups is 2. The fraction of sp³-hybridized carbons (Fsp3) is 0.300. The maximum absolute atomic E-state index is 12.4. The van der Waals surface area contributed by atoms with Crippen LogP contribution in [0.5, 0.6) is 0 Å². The fourth-order valence-corrected chi connectivity index (χ4v) is 2.65. The Hall–Kier alpha value is -2.66. The number of rotatable bonds is 7. The van der Waals surface area contributed by atoms with E-state index in [2.05, 4.69) is 5.32 Å². The molecule has 2 aromatic carbocycles. The molecular weight excluding hydrogens is 314 g/mol. The molecule has 132 valence electrons. The van der Waals surface area contributed by atoms with E-state index in [0.29, 0.717) is 24.3 Å². The van der Waals surface area contributed by atoms with Gasteiger partial charge in [-0.2, -0.15) is 0 Å². The molecule has 0 heterocycles. The summed E-state index contributed by atoms with van der Waals surface area (Å²) >= 11 is 0. The molecule has 1 unspecified atom stereocenters. The van der Waals surface area contributed by atoms with Gasteiger partial charge >= 0.3 is 0 Å². The molecule has 5 nitrogen and oxygen atoms in total. The van der Waals surface area contributed by atoms with Crippen LogP contribution in [0.1, 0.15) is 42.2 Å². The Labute approximate surface area is 148 Å². The summed E-state index contributed by atoms with van der Waals surface area (Å²) in [7, 11) is 0. The molecule has 2 rings (SSSR count). The van der Waals surface area contributed by atoms with Crippen molar-refractivity contribution in [1.29, 1.82) is 0 Å². The summed E-state index contributed by atoms with van der Waals surface area (Å²) < 4.78 is 0. The van der Waals surface area contributed by atoms with E-state index in [9.17, 15) is 9.59 Å². The lowest BCUT2D eigenvalue weighted by atomic mass is 10.0. The molecule has 0 bridgehead atoms. The molecule has 1 atom stereocenters. The van der Waals surface area contributed by atoms with Gasteiger partial charge in [0, 0.05) is 36.8 Å². The third-order valence-electron chi connectivity index (χ3n) is 4.08. The van der Waals surface area contributed by atoms with Crippen molar-refractivity contribution in [3.8, 4) is 0 Å². The zero-order chi connectivity index (χ0) is 18.2. The number of nitrogens with one attached hydrogen (secondary N) is 1. The summed E-state index contributed by atoms with van der Waals surface area (Å²) in [4.78, 5) is 26.4. The summed E-state index contributed by atoms with van der Waals surface area (Å²) in [6, 6.07) is 16.1. The molecule has 2 amide bonds. The van der Waals surface area contributed by atoms with Gasteiger partial charge in [-0.3, -0.25) is 9.59 Å². The van der Waals surface area contributed by atoms with Crippen molar-refractivity contribution in [2.45, 2.75) is 26.3 Å². The Morgan fingerprint density at radius 1 is 1.04 bits per heavy atom. The number of carbonyl (C=O) groups excluding carboxylic acids is 2. The molecule has 0 spiro atoms. The van der Waals surface area contributed by atoms with E-state index in [0.717, 1.165) is 5.56 Å². The van der Waals surface area contributed by atoms with Gasteiger partial charge in [-0.05, 0) is 37.6 Å². The number of anilines is 1. The summed E-state index contributed by atoms with van der Waals surface area (Å²) in [6.07, 6.45) is 0.179. The van der Waals surface area contributed by atoms with Crippen LogP contribution in [-0.2, 0) is 4.79 Å². The lowest BCUT2D eigenvalue weighted by molar-refractivity contribution is -0.116. The molecule has 2 aromatic rings. The zero-order valence-corrected chi connectivity index (χ0v) is 14.7. The van der Waals surface area contributed by atoms with Gasteiger partial charge in [0.2, 0.25) is 5.91 Å². The summed E-state index contributed by atoms with van der Waals surface area (Å²) in [5.74, 6) is -0.217. The number of nitrogens with two attached hydrogens (primary N) is 1. The number of benzene rings is 2. The van der Waals surface area contributed by atoms with E-state index in [-0.39, 0.29) is 24.3 Å². The second-order valence-corrected chi connectivity index (χ2v) is 5.83. The van der Waals surface area contributed by atoms with Crippen molar-refractivity contribution in [1.82, 2.24) is 4.90 Å². The minimum absolute atomic E-state index is 0.0397. The number of hydrogen-bond acceptors (Lipinski definition) is 3. The van der Waals surface area contributed by atoms with Crippen LogP contribution in [0.4, 0.5) is 5.69 Å². The van der Waals surface area contributed by atoms with E-state index in [1.807, 2.05) is 44.2 Å². The van der Waals surface area contributed by atoms with E-state index < -0.39 is 0 Å². The van der Waals surface area contributed by atoms with Crippen molar-refractivity contribution in [2.24, 2.45) is 5.73 Å². The van der Waals surface area contributed by atoms with Gasteiger partial charge in [0.15, 0.2) is 0 Å². The van der Waals surface area contributed by atoms with E-state index in [1.165, 1.54) is 0 Å². The highest BCUT2D eigenvalue weighted by Gasteiger charge is 2.15. The third kappa shape index (κ3) is 5.16. The predicted octanol–water partition coefficient (Wildman–Crippen LogP) is 3.20. The van der Waals surface area contributed by atoms with Crippen LogP contribution in [0, 0.1) is 0 Å². The maximum Gasteiger partial charge on any atom is 0.253 e. The van der Waals surface area contributed by atoms with Crippen LogP contribution in [0.15, 0.2) is 54.6 Å². The van der Waals surface area contributed by atoms with E-state index in [1.54, 1.807) is 29.2 Å². The van der Waals surface area contributed by atoms with Crippen molar-refractivity contribution < 1.29 is 9.59 Å². The highest BCUT2D eigenvalue weighted by Crippen LogP contribution is 2.17. The van der Waals surface area contributed by atoms with Crippen molar-refractivity contribution in [2.75, 3.05) is 18.4 Å². The third-order valence-corrected chi connectivity index (χ3v) is 4.08. The lowest BCUT2D eigenvalue weighted by Gasteiger charge is -2.19. The largest absolute Gasteiger partial charge is 0.339 e. The van der Waals surface area contributed by atoms with Gasteiger partial charge in [0.25, 0.3) is 5.91 Å². The molecule has 0 aromatic heterocycles. The first kappa shape index (κ1) is 18.7. The molecule has 0 aliphatic rings. The Morgan fingerprint density at radius 3 is 2.36 bits per heavy atom. The van der Waals surface area contributed by atoms with Crippen LogP contribution < -0.4 is 11.1 Å². The molecule has 3 N–H and O–H groups in total. The topological polar surface area (TPSA) is 75.4 Å². The molecule has 25 heavy (non-hydrogen) atoms. The molecule has 0 aliphatic heterocycles. The van der Waals surface area contributed by atoms with E-state index in [4.69, 9.17) is 5.73 Å². The Morgan fingerprint density at radius 2 is 1.72 bits per heavy atom. The predicted molar refractivity (Wildman–Crippen MR) is 100 cm³/mol. The van der Waals surface area contributed by atoms with Gasteiger partial charge in [0.05, 0.1) is 0 Å². The number of nitrogens with zero attached hydrogens (tertiary/aromatic N) is 1. The summed E-state index contributed by atoms with van der Waals surface area (Å²) in [5, 5.41) is 2.82. The van der Waals surface area contributed by atoms with Crippen molar-refractivity contribution >= 4 is 17.5 Å². The summed E-state index contributed by atoms with van der Waals surface area (Å²) in [5.41, 5.74) is 8.17. The van der Waals surface area contributed by atoms with E-state index >= 15 is 0 Å². The zero-order valence-electron chi connectivity index (χ0n) is 14.7. The molecular formula is C20H25N3O2. The molecule has 0 saturated carbocycles. The first-order valence-corrected chi connectivity index (χ1v) is 8.54. The van der Waals surface area contributed by atoms with Crippen molar-refractivity contribution in [3.63, 3.8) is 0 Å². The van der Waals surface area contributed by atoms with Crippen LogP contribution in [0.25, 0.3) is 0 Å². The fourth-order valence-electron chi connectivity index (χ4n) is 2.65. The van der Waals surface area contributed by atoms with Crippen LogP contribution in [0.3, 0.4) is 0 Å². The SMILES string of the molecule is CCN(CC)C(=O)c1cccc(NC(=O)CC(N)c2ccccc2)c1. The molecule has 0 fully saturated rings. The van der Waals surface area contributed by atoms with Crippen LogP contribution >= 0.6 is 0 Å². The highest BCUT2D eigenvalue weighted by atomic mass is 16.2. The average molecular weight is 339 g/mol. The standard InChI is InChI=1S/C20H25N3O2/c1-3-23(4-2)20(25)16-11-8-12-17(13-16)22-19(24)14-18(21)15-9-6-5-7-10-15/h5-13,18H,3-4,14,21H2,1-2H3,(H,22,24).